The standard InChI is InChI=1S/C17H25N5O3S/c1-19(2)17(23)10-22-5-4-21(15-11-26(24,25)12-16(15)22)9-13-6-14(7-18)20(3)8-13/h6,8,15-16H,4-5,9-12H2,1-3H3/t15-,16+/m0/s1. The van der Waals surface area contributed by atoms with E-state index in [4.69, 9.17) is 5.26 Å². The molecule has 1 aromatic heterocycles. The zero-order chi connectivity index (χ0) is 19.1. The topological polar surface area (TPSA) is 89.7 Å². The Morgan fingerprint density at radius 2 is 1.88 bits per heavy atom. The summed E-state index contributed by atoms with van der Waals surface area (Å²) in [5.74, 6) is 0.221. The highest BCUT2D eigenvalue weighted by molar-refractivity contribution is 7.91. The summed E-state index contributed by atoms with van der Waals surface area (Å²) in [4.78, 5) is 17.8. The number of aromatic nitrogens is 1. The Kier molecular flexibility index (Phi) is 5.10. The summed E-state index contributed by atoms with van der Waals surface area (Å²) >= 11 is 0. The lowest BCUT2D eigenvalue weighted by atomic mass is 10.0. The van der Waals surface area contributed by atoms with E-state index in [0.29, 0.717) is 25.3 Å². The summed E-state index contributed by atoms with van der Waals surface area (Å²) in [6.45, 7) is 2.23. The van der Waals surface area contributed by atoms with Gasteiger partial charge in [0.05, 0.1) is 18.1 Å². The van der Waals surface area contributed by atoms with E-state index in [1.165, 1.54) is 4.90 Å². The maximum absolute atomic E-state index is 12.3. The van der Waals surface area contributed by atoms with Crippen molar-refractivity contribution in [1.82, 2.24) is 19.3 Å². The second-order valence-electron chi connectivity index (χ2n) is 7.40. The largest absolute Gasteiger partial charge is 0.348 e. The molecular formula is C17H25N5O3S. The third-order valence-electron chi connectivity index (χ3n) is 5.30. The van der Waals surface area contributed by atoms with E-state index in [9.17, 15) is 13.2 Å². The molecule has 0 aliphatic carbocycles. The lowest BCUT2D eigenvalue weighted by Crippen LogP contribution is -2.60. The van der Waals surface area contributed by atoms with E-state index in [-0.39, 0.29) is 36.0 Å². The Bertz CT molecular complexity index is 839. The van der Waals surface area contributed by atoms with E-state index in [0.717, 1.165) is 5.56 Å². The third kappa shape index (κ3) is 3.77. The number of carbonyl (C=O) groups excluding carboxylic acids is 1. The number of hydrogen-bond acceptors (Lipinski definition) is 6. The molecule has 0 N–H and O–H groups in total. The van der Waals surface area contributed by atoms with Crippen molar-refractivity contribution in [2.75, 3.05) is 45.2 Å². The minimum absolute atomic E-state index is 0.0109. The van der Waals surface area contributed by atoms with Crippen molar-refractivity contribution in [1.29, 1.82) is 5.26 Å². The first-order chi connectivity index (χ1) is 12.2. The molecule has 0 spiro atoms. The van der Waals surface area contributed by atoms with Gasteiger partial charge < -0.3 is 9.47 Å². The van der Waals surface area contributed by atoms with Crippen LogP contribution in [-0.4, -0.2) is 90.9 Å². The number of sulfone groups is 1. The molecule has 0 aromatic carbocycles. The quantitative estimate of drug-likeness (QED) is 0.685. The van der Waals surface area contributed by atoms with E-state index < -0.39 is 9.84 Å². The zero-order valence-electron chi connectivity index (χ0n) is 15.4. The highest BCUT2D eigenvalue weighted by Crippen LogP contribution is 2.28. The highest BCUT2D eigenvalue weighted by atomic mass is 32.2. The average molecular weight is 379 g/mol. The molecule has 0 radical (unpaired) electrons. The van der Waals surface area contributed by atoms with Crippen LogP contribution in [0.25, 0.3) is 0 Å². The SMILES string of the molecule is CN(C)C(=O)CN1CCN(Cc2cc(C#N)n(C)c2)[C@H]2CS(=O)(=O)C[C@H]21. The number of carbonyl (C=O) groups is 1. The number of nitriles is 1. The Balaban J connectivity index is 1.78. The molecule has 9 heteroatoms. The van der Waals surface area contributed by atoms with Crippen LogP contribution in [0, 0.1) is 11.3 Å². The van der Waals surface area contributed by atoms with Crippen LogP contribution in [0.2, 0.25) is 0 Å². The smallest absolute Gasteiger partial charge is 0.236 e. The van der Waals surface area contributed by atoms with Crippen molar-refractivity contribution in [3.63, 3.8) is 0 Å². The Morgan fingerprint density at radius 3 is 2.46 bits per heavy atom. The van der Waals surface area contributed by atoms with E-state index in [1.807, 2.05) is 24.2 Å². The molecular weight excluding hydrogens is 354 g/mol. The minimum Gasteiger partial charge on any atom is -0.348 e. The van der Waals surface area contributed by atoms with Gasteiger partial charge in [-0.15, -0.1) is 0 Å². The zero-order valence-corrected chi connectivity index (χ0v) is 16.2. The van der Waals surface area contributed by atoms with Gasteiger partial charge in [0.1, 0.15) is 11.8 Å². The summed E-state index contributed by atoms with van der Waals surface area (Å²) in [6.07, 6.45) is 1.92. The van der Waals surface area contributed by atoms with Crippen LogP contribution in [-0.2, 0) is 28.2 Å². The minimum atomic E-state index is -3.12. The lowest BCUT2D eigenvalue weighted by molar-refractivity contribution is -0.131. The molecule has 1 aromatic rings. The molecule has 3 rings (SSSR count). The van der Waals surface area contributed by atoms with Crippen molar-refractivity contribution >= 4 is 15.7 Å². The average Bonchev–Trinajstić information content (AvgIpc) is 3.08. The number of hydrogen-bond donors (Lipinski definition) is 0. The highest BCUT2D eigenvalue weighted by Gasteiger charge is 2.46. The van der Waals surface area contributed by atoms with Crippen LogP contribution in [0.15, 0.2) is 12.3 Å². The van der Waals surface area contributed by atoms with E-state index >= 15 is 0 Å². The first kappa shape index (κ1) is 18.9. The van der Waals surface area contributed by atoms with Crippen molar-refractivity contribution in [3.8, 4) is 6.07 Å². The van der Waals surface area contributed by atoms with Crippen molar-refractivity contribution in [2.45, 2.75) is 18.6 Å². The van der Waals surface area contributed by atoms with Crippen LogP contribution in [0.5, 0.6) is 0 Å². The molecule has 3 heterocycles. The number of fused-ring (bicyclic) bond motifs is 1. The molecule has 0 saturated carbocycles. The van der Waals surface area contributed by atoms with E-state index in [2.05, 4.69) is 11.0 Å². The predicted octanol–water partition coefficient (Wildman–Crippen LogP) is -0.732. The fourth-order valence-corrected chi connectivity index (χ4v) is 5.91. The monoisotopic (exact) mass is 379 g/mol. The lowest BCUT2D eigenvalue weighted by Gasteiger charge is -2.43. The van der Waals surface area contributed by atoms with Gasteiger partial charge in [0, 0.05) is 59.1 Å². The summed E-state index contributed by atoms with van der Waals surface area (Å²) in [5.41, 5.74) is 1.59. The van der Waals surface area contributed by atoms with Gasteiger partial charge in [0.25, 0.3) is 0 Å². The number of amides is 1. The van der Waals surface area contributed by atoms with Crippen molar-refractivity contribution in [2.24, 2.45) is 7.05 Å². The maximum Gasteiger partial charge on any atom is 0.236 e. The molecule has 2 saturated heterocycles. The van der Waals surface area contributed by atoms with Crippen LogP contribution in [0.4, 0.5) is 0 Å². The molecule has 2 atom stereocenters. The molecule has 0 unspecified atom stereocenters. The van der Waals surface area contributed by atoms with Gasteiger partial charge in [0.2, 0.25) is 5.91 Å². The molecule has 1 amide bonds. The van der Waals surface area contributed by atoms with Gasteiger partial charge in [-0.1, -0.05) is 0 Å². The van der Waals surface area contributed by atoms with Crippen molar-refractivity contribution < 1.29 is 13.2 Å². The Labute approximate surface area is 154 Å². The molecule has 26 heavy (non-hydrogen) atoms. The summed E-state index contributed by atoms with van der Waals surface area (Å²) in [7, 11) is 2.14. The van der Waals surface area contributed by atoms with Gasteiger partial charge in [-0.25, -0.2) is 8.42 Å². The third-order valence-corrected chi connectivity index (χ3v) is 7.00. The normalized spacial score (nSPS) is 25.6. The second-order valence-corrected chi connectivity index (χ2v) is 9.55. The molecule has 2 aliphatic heterocycles. The van der Waals surface area contributed by atoms with Crippen molar-refractivity contribution in [3.05, 3.63) is 23.5 Å². The second kappa shape index (κ2) is 7.02. The Hall–Kier alpha value is -1.89. The van der Waals surface area contributed by atoms with Crippen LogP contribution < -0.4 is 0 Å². The van der Waals surface area contributed by atoms with Crippen LogP contribution >= 0.6 is 0 Å². The number of rotatable bonds is 4. The predicted molar refractivity (Wildman–Crippen MR) is 97.0 cm³/mol. The fourth-order valence-electron chi connectivity index (χ4n) is 3.87. The first-order valence-electron chi connectivity index (χ1n) is 8.64. The molecule has 2 fully saturated rings. The Morgan fingerprint density at radius 1 is 1.27 bits per heavy atom. The number of likely N-dealkylation sites (N-methyl/N-ethyl adjacent to an activating group) is 1. The number of piperazine rings is 1. The van der Waals surface area contributed by atoms with Gasteiger partial charge in [-0.05, 0) is 11.6 Å². The van der Waals surface area contributed by atoms with Gasteiger partial charge in [-0.3, -0.25) is 14.6 Å². The fraction of sp³-hybridized carbons (Fsp3) is 0.647. The molecule has 142 valence electrons. The number of nitrogens with zero attached hydrogens (tertiary/aromatic N) is 5. The molecule has 0 bridgehead atoms. The summed E-state index contributed by atoms with van der Waals surface area (Å²) in [6, 6.07) is 3.73. The van der Waals surface area contributed by atoms with Gasteiger partial charge in [0.15, 0.2) is 9.84 Å². The van der Waals surface area contributed by atoms with Gasteiger partial charge in [-0.2, -0.15) is 5.26 Å². The van der Waals surface area contributed by atoms with Gasteiger partial charge >= 0.3 is 0 Å². The molecule has 8 nitrogen and oxygen atoms in total. The van der Waals surface area contributed by atoms with E-state index in [1.54, 1.807) is 18.7 Å². The summed E-state index contributed by atoms with van der Waals surface area (Å²) in [5, 5.41) is 9.11. The maximum atomic E-state index is 12.3. The molecule has 2 aliphatic rings. The summed E-state index contributed by atoms with van der Waals surface area (Å²) < 4.78 is 26.3. The first-order valence-corrected chi connectivity index (χ1v) is 10.5. The van der Waals surface area contributed by atoms with Crippen LogP contribution in [0.1, 0.15) is 11.3 Å². The van der Waals surface area contributed by atoms with Crippen LogP contribution in [0.3, 0.4) is 0 Å². The number of aryl methyl sites for hydroxylation is 1.